The van der Waals surface area contributed by atoms with Gasteiger partial charge in [0.15, 0.2) is 0 Å². The van der Waals surface area contributed by atoms with Crippen LogP contribution in [0.3, 0.4) is 0 Å². The fourth-order valence-corrected chi connectivity index (χ4v) is 2.25. The van der Waals surface area contributed by atoms with E-state index in [1.165, 1.54) is 13.0 Å². The molecule has 1 aliphatic heterocycles. The molecule has 0 bridgehead atoms. The maximum atomic E-state index is 4.07. The summed E-state index contributed by atoms with van der Waals surface area (Å²) in [6.07, 6.45) is 4.91. The van der Waals surface area contributed by atoms with Crippen molar-refractivity contribution in [1.29, 1.82) is 0 Å². The molecule has 0 radical (unpaired) electrons. The normalized spacial score (nSPS) is 23.5. The van der Waals surface area contributed by atoms with Gasteiger partial charge < -0.3 is 4.90 Å². The van der Waals surface area contributed by atoms with E-state index in [4.69, 9.17) is 0 Å². The van der Waals surface area contributed by atoms with E-state index >= 15 is 0 Å². The highest BCUT2D eigenvalue weighted by molar-refractivity contribution is 4.83. The van der Waals surface area contributed by atoms with E-state index in [1.807, 2.05) is 10.9 Å². The van der Waals surface area contributed by atoms with Gasteiger partial charge in [0.2, 0.25) is 0 Å². The van der Waals surface area contributed by atoms with Gasteiger partial charge in [0.25, 0.3) is 0 Å². The zero-order chi connectivity index (χ0) is 10.9. The van der Waals surface area contributed by atoms with Crippen LogP contribution < -0.4 is 0 Å². The second-order valence-corrected chi connectivity index (χ2v) is 5.62. The maximum absolute atomic E-state index is 4.07. The maximum Gasteiger partial charge on any atom is 0.0693 e. The molecule has 0 spiro atoms. The summed E-state index contributed by atoms with van der Waals surface area (Å²) < 4.78 is 1.99. The van der Waals surface area contributed by atoms with Gasteiger partial charge in [-0.25, -0.2) is 4.68 Å². The minimum atomic E-state index is 0.386. The Morgan fingerprint density at radius 3 is 2.80 bits per heavy atom. The third-order valence-corrected chi connectivity index (χ3v) is 2.76. The molecular formula is C11H20N4. The molecule has 0 saturated carbocycles. The lowest BCUT2D eigenvalue weighted by Gasteiger charge is -2.26. The summed E-state index contributed by atoms with van der Waals surface area (Å²) in [5, 5.41) is 7.93. The fraction of sp³-hybridized carbons (Fsp3) is 0.818. The van der Waals surface area contributed by atoms with E-state index in [1.54, 1.807) is 6.20 Å². The summed E-state index contributed by atoms with van der Waals surface area (Å²) in [4.78, 5) is 2.52. The highest BCUT2D eigenvalue weighted by Crippen LogP contribution is 2.24. The summed E-state index contributed by atoms with van der Waals surface area (Å²) in [7, 11) is 0. The molecule has 4 nitrogen and oxygen atoms in total. The molecule has 1 unspecified atom stereocenters. The van der Waals surface area contributed by atoms with Crippen LogP contribution in [0.15, 0.2) is 12.4 Å². The summed E-state index contributed by atoms with van der Waals surface area (Å²) in [5.74, 6) is 0. The molecular weight excluding hydrogens is 188 g/mol. The first-order valence-electron chi connectivity index (χ1n) is 5.63. The van der Waals surface area contributed by atoms with Crippen LogP contribution in [0.25, 0.3) is 0 Å². The lowest BCUT2D eigenvalue weighted by Crippen LogP contribution is -2.31. The Labute approximate surface area is 91.3 Å². The summed E-state index contributed by atoms with van der Waals surface area (Å²) in [6.45, 7) is 10.3. The monoisotopic (exact) mass is 208 g/mol. The van der Waals surface area contributed by atoms with Crippen molar-refractivity contribution in [2.45, 2.75) is 33.2 Å². The number of likely N-dealkylation sites (tertiary alicyclic amines) is 1. The highest BCUT2D eigenvalue weighted by Gasteiger charge is 2.27. The average molecular weight is 208 g/mol. The van der Waals surface area contributed by atoms with E-state index < -0.39 is 0 Å². The molecule has 1 aliphatic rings. The third kappa shape index (κ3) is 2.78. The number of hydrogen-bond donors (Lipinski definition) is 0. The van der Waals surface area contributed by atoms with Gasteiger partial charge in [0, 0.05) is 25.8 Å². The summed E-state index contributed by atoms with van der Waals surface area (Å²) in [6, 6.07) is 0.523. The van der Waals surface area contributed by atoms with Gasteiger partial charge in [-0.15, -0.1) is 5.10 Å². The molecule has 1 saturated heterocycles. The molecule has 0 amide bonds. The predicted molar refractivity (Wildman–Crippen MR) is 59.6 cm³/mol. The van der Waals surface area contributed by atoms with E-state index in [0.29, 0.717) is 11.5 Å². The second-order valence-electron chi connectivity index (χ2n) is 5.62. The molecule has 2 rings (SSSR count). The quantitative estimate of drug-likeness (QED) is 0.740. The van der Waals surface area contributed by atoms with Crippen molar-refractivity contribution in [2.75, 3.05) is 19.6 Å². The molecule has 15 heavy (non-hydrogen) atoms. The summed E-state index contributed by atoms with van der Waals surface area (Å²) in [5.41, 5.74) is 0.386. The SMILES string of the molecule is CC(C)(C)CN1CCC(n2ccnn2)C1. The van der Waals surface area contributed by atoms with Crippen molar-refractivity contribution in [3.05, 3.63) is 12.4 Å². The number of aromatic nitrogens is 3. The average Bonchev–Trinajstić information content (AvgIpc) is 2.68. The van der Waals surface area contributed by atoms with Crippen LogP contribution in [0.4, 0.5) is 0 Å². The second kappa shape index (κ2) is 3.93. The van der Waals surface area contributed by atoms with Crippen LogP contribution in [0.1, 0.15) is 33.2 Å². The first-order chi connectivity index (χ1) is 7.04. The van der Waals surface area contributed by atoms with Crippen molar-refractivity contribution >= 4 is 0 Å². The smallest absolute Gasteiger partial charge is 0.0693 e. The molecule has 0 N–H and O–H groups in total. The van der Waals surface area contributed by atoms with Gasteiger partial charge in [0.05, 0.1) is 12.2 Å². The Hall–Kier alpha value is -0.900. The van der Waals surface area contributed by atoms with Gasteiger partial charge in [-0.1, -0.05) is 26.0 Å². The van der Waals surface area contributed by atoms with Crippen LogP contribution in [0.2, 0.25) is 0 Å². The van der Waals surface area contributed by atoms with Gasteiger partial charge >= 0.3 is 0 Å². The molecule has 0 aromatic carbocycles. The topological polar surface area (TPSA) is 34.0 Å². The lowest BCUT2D eigenvalue weighted by atomic mass is 9.96. The minimum absolute atomic E-state index is 0.386. The largest absolute Gasteiger partial charge is 0.301 e. The first kappa shape index (κ1) is 10.6. The van der Waals surface area contributed by atoms with Crippen molar-refractivity contribution < 1.29 is 0 Å². The molecule has 4 heteroatoms. The van der Waals surface area contributed by atoms with Crippen molar-refractivity contribution in [1.82, 2.24) is 19.9 Å². The number of nitrogens with zero attached hydrogens (tertiary/aromatic N) is 4. The van der Waals surface area contributed by atoms with Crippen molar-refractivity contribution in [3.8, 4) is 0 Å². The van der Waals surface area contributed by atoms with E-state index in [-0.39, 0.29) is 0 Å². The van der Waals surface area contributed by atoms with Crippen LogP contribution in [-0.4, -0.2) is 39.5 Å². The molecule has 2 heterocycles. The number of rotatable bonds is 2. The Morgan fingerprint density at radius 2 is 2.20 bits per heavy atom. The molecule has 0 aliphatic carbocycles. The Balaban J connectivity index is 1.90. The van der Waals surface area contributed by atoms with Crippen molar-refractivity contribution in [2.24, 2.45) is 5.41 Å². The predicted octanol–water partition coefficient (Wildman–Crippen LogP) is 1.57. The minimum Gasteiger partial charge on any atom is -0.301 e. The Kier molecular flexibility index (Phi) is 2.78. The van der Waals surface area contributed by atoms with Crippen molar-refractivity contribution in [3.63, 3.8) is 0 Å². The highest BCUT2D eigenvalue weighted by atomic mass is 15.4. The molecule has 1 atom stereocenters. The zero-order valence-electron chi connectivity index (χ0n) is 9.85. The van der Waals surface area contributed by atoms with E-state index in [9.17, 15) is 0 Å². The molecule has 1 aromatic rings. The first-order valence-corrected chi connectivity index (χ1v) is 5.63. The van der Waals surface area contributed by atoms with Crippen LogP contribution >= 0.6 is 0 Å². The van der Waals surface area contributed by atoms with Gasteiger partial charge in [0.1, 0.15) is 0 Å². The van der Waals surface area contributed by atoms with Crippen LogP contribution in [-0.2, 0) is 0 Å². The molecule has 1 aromatic heterocycles. The Morgan fingerprint density at radius 1 is 1.40 bits per heavy atom. The van der Waals surface area contributed by atoms with E-state index in [2.05, 4.69) is 36.0 Å². The zero-order valence-corrected chi connectivity index (χ0v) is 9.85. The molecule has 84 valence electrons. The molecule has 1 fully saturated rings. The van der Waals surface area contributed by atoms with Gasteiger partial charge in [-0.3, -0.25) is 0 Å². The fourth-order valence-electron chi connectivity index (χ4n) is 2.25. The lowest BCUT2D eigenvalue weighted by molar-refractivity contribution is 0.219. The van der Waals surface area contributed by atoms with Crippen LogP contribution in [0.5, 0.6) is 0 Å². The van der Waals surface area contributed by atoms with E-state index in [0.717, 1.165) is 13.1 Å². The van der Waals surface area contributed by atoms with Gasteiger partial charge in [-0.2, -0.15) is 0 Å². The van der Waals surface area contributed by atoms with Crippen LogP contribution in [0, 0.1) is 5.41 Å². The standard InChI is InChI=1S/C11H20N4/c1-11(2,3)9-14-6-4-10(8-14)15-7-5-12-13-15/h5,7,10H,4,6,8-9H2,1-3H3. The third-order valence-electron chi connectivity index (χ3n) is 2.76. The summed E-state index contributed by atoms with van der Waals surface area (Å²) >= 11 is 0. The Bertz CT molecular complexity index is 299. The number of hydrogen-bond acceptors (Lipinski definition) is 3. The van der Waals surface area contributed by atoms with Gasteiger partial charge in [-0.05, 0) is 11.8 Å².